The summed E-state index contributed by atoms with van der Waals surface area (Å²) in [6.07, 6.45) is 14.6. The van der Waals surface area contributed by atoms with Crippen LogP contribution in [0.4, 0.5) is 0 Å². The molecule has 1 aromatic carbocycles. The van der Waals surface area contributed by atoms with E-state index < -0.39 is 17.4 Å². The van der Waals surface area contributed by atoms with Crippen LogP contribution in [0.1, 0.15) is 130 Å². The van der Waals surface area contributed by atoms with Gasteiger partial charge in [0.05, 0.1) is 5.41 Å². The number of aliphatic carboxylic acids is 2. The molecule has 8 atom stereocenters. The zero-order valence-electron chi connectivity index (χ0n) is 28.4. The summed E-state index contributed by atoms with van der Waals surface area (Å²) in [6, 6.07) is 8.48. The molecule has 4 aliphatic rings. The third-order valence-electron chi connectivity index (χ3n) is 14.1. The summed E-state index contributed by atoms with van der Waals surface area (Å²) in [4.78, 5) is 24.5. The number of hydrogen-bond acceptors (Lipinski definition) is 2. The number of hydrogen-bond donors (Lipinski definition) is 2. The standard InChI is InChI=1S/C40H58O4/c1-8-28-18-24-40(36(43)44)25-19-29(26(2)3)32(40)14-11-15-34-38(28,6)23-21-33-37(4,5)31(20-22-39(33,34)7)30-13-10-9-12-27(30)16-17-35(41)42/h9-10,12-13,20,28-29,32-34H,2,8,11,14-19,21-25H2,1,3-7H3,(H,41,42)(H,43,44). The van der Waals surface area contributed by atoms with Crippen LogP contribution in [0.3, 0.4) is 0 Å². The molecule has 3 fully saturated rings. The van der Waals surface area contributed by atoms with Gasteiger partial charge in [0.1, 0.15) is 0 Å². The van der Waals surface area contributed by atoms with Crippen LogP contribution < -0.4 is 0 Å². The SMILES string of the molecule is C=C(C)C1CCC2(C(=O)O)CCC(CC)C3(C)CCC4C(C)(C)C(c5ccccc5CCC(=O)O)=CCC4(C)C3CCCC12. The summed E-state index contributed by atoms with van der Waals surface area (Å²) in [6.45, 7) is 18.9. The van der Waals surface area contributed by atoms with E-state index in [1.165, 1.54) is 36.0 Å². The molecule has 0 bridgehead atoms. The Morgan fingerprint density at radius 1 is 0.909 bits per heavy atom. The van der Waals surface area contributed by atoms with Crippen LogP contribution in [-0.2, 0) is 16.0 Å². The first-order chi connectivity index (χ1) is 20.7. The average molecular weight is 603 g/mol. The highest BCUT2D eigenvalue weighted by molar-refractivity contribution is 5.76. The molecular weight excluding hydrogens is 544 g/mol. The van der Waals surface area contributed by atoms with Crippen LogP contribution in [-0.4, -0.2) is 22.2 Å². The first-order valence-corrected chi connectivity index (χ1v) is 17.6. The van der Waals surface area contributed by atoms with Gasteiger partial charge >= 0.3 is 11.9 Å². The van der Waals surface area contributed by atoms with Crippen LogP contribution in [0.2, 0.25) is 0 Å². The molecule has 4 nitrogen and oxygen atoms in total. The molecule has 0 spiro atoms. The highest BCUT2D eigenvalue weighted by Crippen LogP contribution is 2.69. The number of allylic oxidation sites excluding steroid dienone is 3. The fourth-order valence-electron chi connectivity index (χ4n) is 12.0. The minimum Gasteiger partial charge on any atom is -0.481 e. The molecule has 0 aromatic heterocycles. The summed E-state index contributed by atoms with van der Waals surface area (Å²) in [5.74, 6) is 0.859. The minimum absolute atomic E-state index is 0.0281. The monoisotopic (exact) mass is 602 g/mol. The number of carboxylic acid groups (broad SMARTS) is 2. The molecule has 1 aromatic rings. The lowest BCUT2D eigenvalue weighted by atomic mass is 9.40. The van der Waals surface area contributed by atoms with Gasteiger partial charge in [-0.1, -0.05) is 90.0 Å². The average Bonchev–Trinajstić information content (AvgIpc) is 3.33. The van der Waals surface area contributed by atoms with Crippen LogP contribution >= 0.6 is 0 Å². The highest BCUT2D eigenvalue weighted by atomic mass is 16.4. The van der Waals surface area contributed by atoms with Crippen molar-refractivity contribution >= 4 is 17.5 Å². The van der Waals surface area contributed by atoms with Gasteiger partial charge in [-0.25, -0.2) is 0 Å². The number of fused-ring (bicyclic) bond motifs is 4. The molecule has 3 saturated carbocycles. The zero-order valence-corrected chi connectivity index (χ0v) is 28.4. The maximum atomic E-state index is 13.0. The molecule has 0 saturated heterocycles. The molecule has 4 heteroatoms. The van der Waals surface area contributed by atoms with Crippen LogP contribution in [0.15, 0.2) is 42.5 Å². The molecule has 0 amide bonds. The van der Waals surface area contributed by atoms with Crippen molar-refractivity contribution in [2.45, 2.75) is 125 Å². The third kappa shape index (κ3) is 5.30. The van der Waals surface area contributed by atoms with Crippen molar-refractivity contribution in [3.8, 4) is 0 Å². The molecule has 8 unspecified atom stereocenters. The molecule has 0 aliphatic heterocycles. The molecular formula is C40H58O4. The lowest BCUT2D eigenvalue weighted by Crippen LogP contribution is -2.56. The Hall–Kier alpha value is -2.36. The van der Waals surface area contributed by atoms with Gasteiger partial charge < -0.3 is 10.2 Å². The number of carboxylic acids is 2. The zero-order chi connectivity index (χ0) is 32.1. The van der Waals surface area contributed by atoms with Gasteiger partial charge in [-0.15, -0.1) is 0 Å². The topological polar surface area (TPSA) is 74.6 Å². The van der Waals surface area contributed by atoms with Crippen LogP contribution in [0, 0.1) is 51.2 Å². The summed E-state index contributed by atoms with van der Waals surface area (Å²) >= 11 is 0. The molecule has 0 heterocycles. The van der Waals surface area contributed by atoms with Crippen LogP contribution in [0.25, 0.3) is 5.57 Å². The van der Waals surface area contributed by atoms with Gasteiger partial charge in [0.15, 0.2) is 0 Å². The number of rotatable bonds is 7. The Morgan fingerprint density at radius 2 is 1.61 bits per heavy atom. The predicted molar refractivity (Wildman–Crippen MR) is 179 cm³/mol. The number of benzene rings is 1. The Morgan fingerprint density at radius 3 is 2.27 bits per heavy atom. The fraction of sp³-hybridized carbons (Fsp3) is 0.700. The Kier molecular flexibility index (Phi) is 9.08. The second kappa shape index (κ2) is 12.1. The van der Waals surface area contributed by atoms with E-state index in [1.807, 2.05) is 6.07 Å². The quantitative estimate of drug-likeness (QED) is 0.305. The molecule has 4 aliphatic carbocycles. The summed E-state index contributed by atoms with van der Waals surface area (Å²) < 4.78 is 0. The van der Waals surface area contributed by atoms with Crippen molar-refractivity contribution in [2.75, 3.05) is 0 Å². The van der Waals surface area contributed by atoms with E-state index in [1.54, 1.807) is 0 Å². The fourth-order valence-corrected chi connectivity index (χ4v) is 12.0. The van der Waals surface area contributed by atoms with Crippen molar-refractivity contribution in [1.82, 2.24) is 0 Å². The van der Waals surface area contributed by atoms with E-state index in [0.29, 0.717) is 30.1 Å². The summed E-state index contributed by atoms with van der Waals surface area (Å²) in [5.41, 5.74) is 4.69. The Balaban J connectivity index is 1.52. The van der Waals surface area contributed by atoms with Crippen molar-refractivity contribution in [3.63, 3.8) is 0 Å². The molecule has 44 heavy (non-hydrogen) atoms. The maximum Gasteiger partial charge on any atom is 0.309 e. The number of carbonyl (C=O) groups is 2. The van der Waals surface area contributed by atoms with E-state index in [2.05, 4.69) is 72.4 Å². The van der Waals surface area contributed by atoms with Gasteiger partial charge in [-0.2, -0.15) is 0 Å². The van der Waals surface area contributed by atoms with E-state index >= 15 is 0 Å². The minimum atomic E-state index is -0.745. The van der Waals surface area contributed by atoms with Crippen molar-refractivity contribution in [2.24, 2.45) is 51.2 Å². The largest absolute Gasteiger partial charge is 0.481 e. The van der Waals surface area contributed by atoms with Gasteiger partial charge in [-0.05, 0) is 134 Å². The summed E-state index contributed by atoms with van der Waals surface area (Å²) in [5, 5.41) is 20.1. The lowest BCUT2D eigenvalue weighted by Gasteiger charge is -2.64. The highest BCUT2D eigenvalue weighted by Gasteiger charge is 2.61. The number of aryl methyl sites for hydroxylation is 1. The second-order valence-electron chi connectivity index (χ2n) is 16.4. The summed E-state index contributed by atoms with van der Waals surface area (Å²) in [7, 11) is 0. The molecule has 2 N–H and O–H groups in total. The Bertz CT molecular complexity index is 1310. The van der Waals surface area contributed by atoms with E-state index in [0.717, 1.165) is 56.9 Å². The van der Waals surface area contributed by atoms with Gasteiger partial charge in [0, 0.05) is 6.42 Å². The van der Waals surface area contributed by atoms with Gasteiger partial charge in [0.25, 0.3) is 0 Å². The predicted octanol–water partition coefficient (Wildman–Crippen LogP) is 10.2. The van der Waals surface area contributed by atoms with Gasteiger partial charge in [0.2, 0.25) is 0 Å². The third-order valence-corrected chi connectivity index (χ3v) is 14.1. The molecule has 5 rings (SSSR count). The maximum absolute atomic E-state index is 13.0. The van der Waals surface area contributed by atoms with E-state index in [9.17, 15) is 19.8 Å². The normalized spacial score (nSPS) is 38.4. The first kappa shape index (κ1) is 33.0. The molecule has 242 valence electrons. The van der Waals surface area contributed by atoms with Crippen molar-refractivity contribution < 1.29 is 19.8 Å². The first-order valence-electron chi connectivity index (χ1n) is 17.6. The van der Waals surface area contributed by atoms with Crippen molar-refractivity contribution in [3.05, 3.63) is 53.6 Å². The van der Waals surface area contributed by atoms with Gasteiger partial charge in [-0.3, -0.25) is 9.59 Å². The van der Waals surface area contributed by atoms with E-state index in [4.69, 9.17) is 0 Å². The Labute approximate surface area is 266 Å². The smallest absolute Gasteiger partial charge is 0.309 e. The molecule has 0 radical (unpaired) electrons. The van der Waals surface area contributed by atoms with Crippen molar-refractivity contribution in [1.29, 1.82) is 0 Å². The second-order valence-corrected chi connectivity index (χ2v) is 16.4. The van der Waals surface area contributed by atoms with E-state index in [-0.39, 0.29) is 28.6 Å². The van der Waals surface area contributed by atoms with Crippen LogP contribution in [0.5, 0.6) is 0 Å². The lowest BCUT2D eigenvalue weighted by molar-refractivity contribution is -0.156.